The van der Waals surface area contributed by atoms with Crippen LogP contribution in [0.25, 0.3) is 17.7 Å². The third-order valence-corrected chi connectivity index (χ3v) is 5.68. The Balaban J connectivity index is 1.22. The van der Waals surface area contributed by atoms with Crippen molar-refractivity contribution in [2.24, 2.45) is 0 Å². The molecule has 0 aliphatic carbocycles. The van der Waals surface area contributed by atoms with E-state index in [0.717, 1.165) is 22.5 Å². The van der Waals surface area contributed by atoms with Gasteiger partial charge in [0.25, 0.3) is 17.4 Å². The molecule has 3 aromatic heterocycles. The van der Waals surface area contributed by atoms with Crippen LogP contribution in [-0.4, -0.2) is 37.9 Å². The Hall–Kier alpha value is -5.05. The lowest BCUT2D eigenvalue weighted by molar-refractivity contribution is -0.110. The number of hydrogen-bond acceptors (Lipinski definition) is 5. The van der Waals surface area contributed by atoms with Crippen LogP contribution in [0.5, 0.6) is 0 Å². The average Bonchev–Trinajstić information content (AvgIpc) is 3.51. The lowest BCUT2D eigenvalue weighted by atomic mass is 10.0. The summed E-state index contributed by atoms with van der Waals surface area (Å²) in [4.78, 5) is 48.8. The molecule has 1 aliphatic heterocycles. The van der Waals surface area contributed by atoms with Crippen molar-refractivity contribution in [3.05, 3.63) is 118 Å². The van der Waals surface area contributed by atoms with Crippen LogP contribution in [0.2, 0.25) is 0 Å². The summed E-state index contributed by atoms with van der Waals surface area (Å²) >= 11 is 0. The standard InChI is InChI=1S/C27H22N6O3/c34-25(22-6-3-13-33(27(22)36)16-20-9-12-28-17-31-20)30-11-1-4-18-7-8-21-23(15-19-5-2-10-29-19)26(35)32-24(21)14-18/h1-10,12-15,17,29H,11,16H2,(H,30,34)(H,32,35)/b4-1+,23-15+. The number of carbonyl (C=O) groups excluding carboxylic acids is 2. The van der Waals surface area contributed by atoms with Crippen molar-refractivity contribution in [1.29, 1.82) is 0 Å². The van der Waals surface area contributed by atoms with Gasteiger partial charge in [0.05, 0.1) is 17.8 Å². The SMILES string of the molecule is O=C1Nc2cc(/C=C/CNC(=O)c3cccn(Cc4ccncn4)c3=O)ccc2/C1=C\c1ccc[nH]1. The van der Waals surface area contributed by atoms with Crippen LogP contribution in [0, 0.1) is 0 Å². The molecular weight excluding hydrogens is 456 g/mol. The molecule has 3 N–H and O–H groups in total. The highest BCUT2D eigenvalue weighted by Gasteiger charge is 2.24. The monoisotopic (exact) mass is 478 g/mol. The van der Waals surface area contributed by atoms with Crippen LogP contribution in [0.15, 0.2) is 84.3 Å². The Morgan fingerprint density at radius 3 is 2.83 bits per heavy atom. The molecule has 0 radical (unpaired) electrons. The second-order valence-electron chi connectivity index (χ2n) is 8.11. The molecule has 0 fully saturated rings. The second-order valence-corrected chi connectivity index (χ2v) is 8.11. The molecule has 0 saturated heterocycles. The molecule has 4 aromatic rings. The summed E-state index contributed by atoms with van der Waals surface area (Å²) < 4.78 is 1.43. The van der Waals surface area contributed by atoms with Gasteiger partial charge in [-0.05, 0) is 48.0 Å². The van der Waals surface area contributed by atoms with E-state index >= 15 is 0 Å². The minimum atomic E-state index is -0.456. The van der Waals surface area contributed by atoms with E-state index in [1.165, 1.54) is 17.0 Å². The molecule has 178 valence electrons. The van der Waals surface area contributed by atoms with Crippen molar-refractivity contribution in [3.63, 3.8) is 0 Å². The molecule has 1 aromatic carbocycles. The number of carbonyl (C=O) groups is 2. The first-order chi connectivity index (χ1) is 17.6. The first-order valence-corrected chi connectivity index (χ1v) is 11.3. The van der Waals surface area contributed by atoms with Gasteiger partial charge in [0, 0.05) is 42.1 Å². The lowest BCUT2D eigenvalue weighted by Crippen LogP contribution is -2.33. The zero-order valence-electron chi connectivity index (χ0n) is 19.1. The summed E-state index contributed by atoms with van der Waals surface area (Å²) in [5, 5.41) is 5.63. The summed E-state index contributed by atoms with van der Waals surface area (Å²) in [7, 11) is 0. The minimum absolute atomic E-state index is 0.0570. The Kier molecular flexibility index (Phi) is 6.35. The van der Waals surface area contributed by atoms with Gasteiger partial charge in [-0.2, -0.15) is 0 Å². The maximum Gasteiger partial charge on any atom is 0.263 e. The van der Waals surface area contributed by atoms with Gasteiger partial charge in [-0.25, -0.2) is 9.97 Å². The molecule has 0 bridgehead atoms. The van der Waals surface area contributed by atoms with Crippen LogP contribution >= 0.6 is 0 Å². The Bertz CT molecular complexity index is 1540. The van der Waals surface area contributed by atoms with E-state index < -0.39 is 11.5 Å². The summed E-state index contributed by atoms with van der Waals surface area (Å²) in [5.41, 5.74) is 4.23. The molecule has 0 saturated carbocycles. The Labute approximate surface area is 206 Å². The number of pyridine rings is 1. The molecule has 0 atom stereocenters. The van der Waals surface area contributed by atoms with Gasteiger partial charge < -0.3 is 20.2 Å². The fraction of sp³-hybridized carbons (Fsp3) is 0.0741. The molecule has 2 amide bonds. The van der Waals surface area contributed by atoms with E-state index in [-0.39, 0.29) is 24.6 Å². The number of aromatic nitrogens is 4. The van der Waals surface area contributed by atoms with Crippen LogP contribution in [0.4, 0.5) is 5.69 Å². The van der Waals surface area contributed by atoms with Crippen molar-refractivity contribution in [1.82, 2.24) is 24.8 Å². The normalized spacial score (nSPS) is 13.7. The Morgan fingerprint density at radius 1 is 1.11 bits per heavy atom. The summed E-state index contributed by atoms with van der Waals surface area (Å²) in [5.74, 6) is -0.608. The lowest BCUT2D eigenvalue weighted by Gasteiger charge is -2.07. The highest BCUT2D eigenvalue weighted by Crippen LogP contribution is 2.33. The third kappa shape index (κ3) is 4.90. The molecule has 9 heteroatoms. The maximum atomic E-state index is 12.7. The zero-order chi connectivity index (χ0) is 24.9. The molecular formula is C27H22N6O3. The van der Waals surface area contributed by atoms with Crippen LogP contribution in [0.3, 0.4) is 0 Å². The first-order valence-electron chi connectivity index (χ1n) is 11.3. The molecule has 5 rings (SSSR count). The molecule has 0 unspecified atom stereocenters. The fourth-order valence-corrected chi connectivity index (χ4v) is 3.91. The van der Waals surface area contributed by atoms with Crippen molar-refractivity contribution >= 4 is 35.2 Å². The second kappa shape index (κ2) is 10.1. The fourth-order valence-electron chi connectivity index (χ4n) is 3.91. The van der Waals surface area contributed by atoms with E-state index in [9.17, 15) is 14.4 Å². The summed E-state index contributed by atoms with van der Waals surface area (Å²) in [6, 6.07) is 14.3. The van der Waals surface area contributed by atoms with Crippen LogP contribution < -0.4 is 16.2 Å². The number of nitrogens with one attached hydrogen (secondary N) is 3. The predicted octanol–water partition coefficient (Wildman–Crippen LogP) is 2.95. The van der Waals surface area contributed by atoms with Crippen molar-refractivity contribution in [2.75, 3.05) is 11.9 Å². The number of aromatic amines is 1. The number of nitrogens with zero attached hydrogens (tertiary/aromatic N) is 3. The topological polar surface area (TPSA) is 122 Å². The molecule has 4 heterocycles. The molecule has 0 spiro atoms. The van der Waals surface area contributed by atoms with E-state index in [2.05, 4.69) is 25.6 Å². The van der Waals surface area contributed by atoms with E-state index in [0.29, 0.717) is 11.3 Å². The van der Waals surface area contributed by atoms with Crippen molar-refractivity contribution in [2.45, 2.75) is 6.54 Å². The largest absolute Gasteiger partial charge is 0.362 e. The number of benzene rings is 1. The van der Waals surface area contributed by atoms with E-state index in [4.69, 9.17) is 0 Å². The third-order valence-electron chi connectivity index (χ3n) is 5.68. The number of fused-ring (bicyclic) bond motifs is 1. The highest BCUT2D eigenvalue weighted by molar-refractivity contribution is 6.34. The summed E-state index contributed by atoms with van der Waals surface area (Å²) in [6.45, 7) is 0.486. The smallest absolute Gasteiger partial charge is 0.263 e. The van der Waals surface area contributed by atoms with Gasteiger partial charge in [-0.15, -0.1) is 0 Å². The Morgan fingerprint density at radius 2 is 2.03 bits per heavy atom. The predicted molar refractivity (Wildman–Crippen MR) is 137 cm³/mol. The minimum Gasteiger partial charge on any atom is -0.362 e. The number of rotatable bonds is 7. The average molecular weight is 479 g/mol. The van der Waals surface area contributed by atoms with Gasteiger partial charge in [-0.1, -0.05) is 24.3 Å². The maximum absolute atomic E-state index is 12.7. The number of H-pyrrole nitrogens is 1. The van der Waals surface area contributed by atoms with Crippen molar-refractivity contribution < 1.29 is 9.59 Å². The molecule has 36 heavy (non-hydrogen) atoms. The summed E-state index contributed by atoms with van der Waals surface area (Å²) in [6.07, 6.45) is 11.9. The van der Waals surface area contributed by atoms with Gasteiger partial charge in [0.2, 0.25) is 0 Å². The van der Waals surface area contributed by atoms with Gasteiger partial charge in [0.1, 0.15) is 11.9 Å². The quantitative estimate of drug-likeness (QED) is 0.353. The first kappa shape index (κ1) is 22.7. The molecule has 1 aliphatic rings. The number of anilines is 1. The van der Waals surface area contributed by atoms with Crippen LogP contribution in [0.1, 0.15) is 32.9 Å². The van der Waals surface area contributed by atoms with Gasteiger partial charge in [-0.3, -0.25) is 14.4 Å². The number of amides is 2. The van der Waals surface area contributed by atoms with Gasteiger partial charge >= 0.3 is 0 Å². The highest BCUT2D eigenvalue weighted by atomic mass is 16.2. The van der Waals surface area contributed by atoms with Crippen LogP contribution in [-0.2, 0) is 11.3 Å². The number of hydrogen-bond donors (Lipinski definition) is 3. The van der Waals surface area contributed by atoms with E-state index in [1.807, 2.05) is 42.5 Å². The van der Waals surface area contributed by atoms with E-state index in [1.54, 1.807) is 36.8 Å². The zero-order valence-corrected chi connectivity index (χ0v) is 19.1. The van der Waals surface area contributed by atoms with Gasteiger partial charge in [0.15, 0.2) is 0 Å². The van der Waals surface area contributed by atoms with Crippen molar-refractivity contribution in [3.8, 4) is 0 Å². The molecule has 9 nitrogen and oxygen atoms in total.